The first-order valence-electron chi connectivity index (χ1n) is 6.72. The van der Waals surface area contributed by atoms with Crippen LogP contribution < -0.4 is 5.69 Å². The van der Waals surface area contributed by atoms with Crippen LogP contribution in [-0.2, 0) is 6.54 Å². The lowest BCUT2D eigenvalue weighted by atomic mass is 10.2. The van der Waals surface area contributed by atoms with Crippen molar-refractivity contribution in [2.24, 2.45) is 0 Å². The highest BCUT2D eigenvalue weighted by Crippen LogP contribution is 2.20. The van der Waals surface area contributed by atoms with E-state index < -0.39 is 0 Å². The smallest absolute Gasteiger partial charge is 0.275 e. The van der Waals surface area contributed by atoms with E-state index in [0.29, 0.717) is 23.1 Å². The third kappa shape index (κ3) is 2.38. The minimum Gasteiger partial charge on any atom is -0.275 e. The number of nitrogens with zero attached hydrogens (tertiary/aromatic N) is 3. The SMILES string of the molecule is CCn1c(-c2ccccc2)nn(-c2ccccc2Cl)c1=O. The van der Waals surface area contributed by atoms with Crippen LogP contribution in [0.5, 0.6) is 0 Å². The molecule has 0 saturated carbocycles. The van der Waals surface area contributed by atoms with Gasteiger partial charge in [-0.05, 0) is 19.1 Å². The Balaban J connectivity index is 2.24. The molecule has 0 amide bonds. The average Bonchev–Trinajstić information content (AvgIpc) is 2.85. The Labute approximate surface area is 127 Å². The van der Waals surface area contributed by atoms with Gasteiger partial charge in [-0.25, -0.2) is 4.79 Å². The zero-order valence-corrected chi connectivity index (χ0v) is 12.3. The minimum absolute atomic E-state index is 0.190. The van der Waals surface area contributed by atoms with Crippen molar-refractivity contribution < 1.29 is 0 Å². The molecule has 0 N–H and O–H groups in total. The Hall–Kier alpha value is -2.33. The number of para-hydroxylation sites is 1. The molecular weight excluding hydrogens is 286 g/mol. The Bertz CT molecular complexity index is 821. The first-order chi connectivity index (χ1) is 10.2. The normalized spacial score (nSPS) is 10.8. The van der Waals surface area contributed by atoms with Crippen LogP contribution >= 0.6 is 11.6 Å². The van der Waals surface area contributed by atoms with Crippen molar-refractivity contribution in [2.75, 3.05) is 0 Å². The molecule has 0 aliphatic carbocycles. The Kier molecular flexibility index (Phi) is 3.62. The van der Waals surface area contributed by atoms with Crippen molar-refractivity contribution in [1.29, 1.82) is 0 Å². The molecule has 0 unspecified atom stereocenters. The number of aromatic nitrogens is 3. The summed E-state index contributed by atoms with van der Waals surface area (Å²) in [5, 5.41) is 4.96. The molecule has 2 aromatic carbocycles. The zero-order valence-electron chi connectivity index (χ0n) is 11.5. The molecule has 0 atom stereocenters. The molecule has 5 heteroatoms. The third-order valence-electron chi connectivity index (χ3n) is 3.29. The van der Waals surface area contributed by atoms with Gasteiger partial charge in [-0.1, -0.05) is 54.1 Å². The highest BCUT2D eigenvalue weighted by Gasteiger charge is 2.16. The summed E-state index contributed by atoms with van der Waals surface area (Å²) in [4.78, 5) is 12.6. The average molecular weight is 300 g/mol. The van der Waals surface area contributed by atoms with Crippen LogP contribution in [0.25, 0.3) is 17.1 Å². The number of halogens is 1. The highest BCUT2D eigenvalue weighted by atomic mass is 35.5. The second kappa shape index (κ2) is 5.58. The lowest BCUT2D eigenvalue weighted by Crippen LogP contribution is -2.23. The fraction of sp³-hybridized carbons (Fsp3) is 0.125. The second-order valence-corrected chi connectivity index (χ2v) is 4.99. The van der Waals surface area contributed by atoms with Crippen LogP contribution in [0.3, 0.4) is 0 Å². The van der Waals surface area contributed by atoms with E-state index in [1.54, 1.807) is 16.7 Å². The van der Waals surface area contributed by atoms with Gasteiger partial charge in [0.25, 0.3) is 0 Å². The van der Waals surface area contributed by atoms with Crippen molar-refractivity contribution >= 4 is 11.6 Å². The summed E-state index contributed by atoms with van der Waals surface area (Å²) in [6, 6.07) is 16.8. The predicted molar refractivity (Wildman–Crippen MR) is 83.9 cm³/mol. The van der Waals surface area contributed by atoms with E-state index >= 15 is 0 Å². The van der Waals surface area contributed by atoms with E-state index in [1.165, 1.54) is 4.68 Å². The Morgan fingerprint density at radius 3 is 2.38 bits per heavy atom. The molecule has 21 heavy (non-hydrogen) atoms. The largest absolute Gasteiger partial charge is 0.351 e. The standard InChI is InChI=1S/C16H14ClN3O/c1-2-19-15(12-8-4-3-5-9-12)18-20(16(19)21)14-11-7-6-10-13(14)17/h3-11H,2H2,1H3. The molecule has 0 aliphatic heterocycles. The summed E-state index contributed by atoms with van der Waals surface area (Å²) < 4.78 is 2.99. The monoisotopic (exact) mass is 299 g/mol. The second-order valence-electron chi connectivity index (χ2n) is 4.58. The van der Waals surface area contributed by atoms with E-state index in [-0.39, 0.29) is 5.69 Å². The fourth-order valence-corrected chi connectivity index (χ4v) is 2.48. The van der Waals surface area contributed by atoms with Gasteiger partial charge in [-0.2, -0.15) is 4.68 Å². The highest BCUT2D eigenvalue weighted by molar-refractivity contribution is 6.32. The van der Waals surface area contributed by atoms with Crippen LogP contribution in [0, 0.1) is 0 Å². The summed E-state index contributed by atoms with van der Waals surface area (Å²) in [5.41, 5.74) is 1.31. The molecule has 1 aromatic heterocycles. The Morgan fingerprint density at radius 2 is 1.71 bits per heavy atom. The van der Waals surface area contributed by atoms with Crippen molar-refractivity contribution in [2.45, 2.75) is 13.5 Å². The molecule has 0 radical (unpaired) electrons. The van der Waals surface area contributed by atoms with Crippen LogP contribution in [0.15, 0.2) is 59.4 Å². The van der Waals surface area contributed by atoms with E-state index in [4.69, 9.17) is 11.6 Å². The zero-order chi connectivity index (χ0) is 14.8. The molecule has 3 rings (SSSR count). The molecule has 0 aliphatic rings. The van der Waals surface area contributed by atoms with Gasteiger partial charge >= 0.3 is 5.69 Å². The number of rotatable bonds is 3. The molecule has 0 bridgehead atoms. The molecule has 106 valence electrons. The van der Waals surface area contributed by atoms with E-state index in [1.807, 2.05) is 49.4 Å². The topological polar surface area (TPSA) is 39.8 Å². The molecule has 4 nitrogen and oxygen atoms in total. The molecule has 0 fully saturated rings. The van der Waals surface area contributed by atoms with Gasteiger partial charge in [0.2, 0.25) is 0 Å². The van der Waals surface area contributed by atoms with Gasteiger partial charge in [0.1, 0.15) is 0 Å². The van der Waals surface area contributed by atoms with Crippen LogP contribution in [0.2, 0.25) is 5.02 Å². The lowest BCUT2D eigenvalue weighted by Gasteiger charge is -2.01. The summed E-state index contributed by atoms with van der Waals surface area (Å²) in [7, 11) is 0. The molecule has 3 aromatic rings. The van der Waals surface area contributed by atoms with Gasteiger partial charge in [0, 0.05) is 12.1 Å². The van der Waals surface area contributed by atoms with Crippen molar-refractivity contribution in [1.82, 2.24) is 14.3 Å². The number of hydrogen-bond acceptors (Lipinski definition) is 2. The maximum atomic E-state index is 12.6. The molecule has 0 saturated heterocycles. The Morgan fingerprint density at radius 1 is 1.05 bits per heavy atom. The fourth-order valence-electron chi connectivity index (χ4n) is 2.26. The first-order valence-corrected chi connectivity index (χ1v) is 7.10. The maximum absolute atomic E-state index is 12.6. The summed E-state index contributed by atoms with van der Waals surface area (Å²) >= 11 is 6.17. The summed E-state index contributed by atoms with van der Waals surface area (Å²) in [6.07, 6.45) is 0. The van der Waals surface area contributed by atoms with Crippen molar-refractivity contribution in [3.05, 3.63) is 70.1 Å². The van der Waals surface area contributed by atoms with Crippen molar-refractivity contribution in [3.63, 3.8) is 0 Å². The van der Waals surface area contributed by atoms with E-state index in [0.717, 1.165) is 5.56 Å². The van der Waals surface area contributed by atoms with E-state index in [9.17, 15) is 4.79 Å². The summed E-state index contributed by atoms with van der Waals surface area (Å²) in [6.45, 7) is 2.47. The van der Waals surface area contributed by atoms with Crippen molar-refractivity contribution in [3.8, 4) is 17.1 Å². The third-order valence-corrected chi connectivity index (χ3v) is 3.61. The van der Waals surface area contributed by atoms with Gasteiger partial charge in [-0.15, -0.1) is 5.10 Å². The lowest BCUT2D eigenvalue weighted by molar-refractivity contribution is 0.716. The van der Waals surface area contributed by atoms with Gasteiger partial charge < -0.3 is 0 Å². The maximum Gasteiger partial charge on any atom is 0.351 e. The van der Waals surface area contributed by atoms with Gasteiger partial charge in [0.05, 0.1) is 10.7 Å². The number of hydrogen-bond donors (Lipinski definition) is 0. The summed E-state index contributed by atoms with van der Waals surface area (Å²) in [5.74, 6) is 0.642. The first kappa shape index (κ1) is 13.6. The van der Waals surface area contributed by atoms with Crippen LogP contribution in [-0.4, -0.2) is 14.3 Å². The minimum atomic E-state index is -0.190. The number of benzene rings is 2. The van der Waals surface area contributed by atoms with Gasteiger partial charge in [0.15, 0.2) is 5.82 Å². The van der Waals surface area contributed by atoms with Gasteiger partial charge in [-0.3, -0.25) is 4.57 Å². The molecule has 0 spiro atoms. The molecule has 1 heterocycles. The van der Waals surface area contributed by atoms with E-state index in [2.05, 4.69) is 5.10 Å². The quantitative estimate of drug-likeness (QED) is 0.744. The predicted octanol–water partition coefficient (Wildman–Crippen LogP) is 3.37. The molecular formula is C16H14ClN3O. The van der Waals surface area contributed by atoms with Crippen LogP contribution in [0.1, 0.15) is 6.92 Å². The van der Waals surface area contributed by atoms with Crippen LogP contribution in [0.4, 0.5) is 0 Å².